The average molecular weight is 297 g/mol. The van der Waals surface area contributed by atoms with E-state index in [2.05, 4.69) is 10.3 Å². The number of rotatable bonds is 6. The number of halogens is 2. The van der Waals surface area contributed by atoms with E-state index >= 15 is 0 Å². The van der Waals surface area contributed by atoms with E-state index in [9.17, 15) is 18.9 Å². The Morgan fingerprint density at radius 1 is 1.38 bits per heavy atom. The third-order valence-electron chi connectivity index (χ3n) is 2.76. The standard InChI is InChI=1S/C13H13F2N3O3/c1-2-3-16-7-13-17-6-12(21-13)8-4-9(14)10(15)5-11(8)18(19)20/h4-6,16H,2-3,7H2,1H3. The van der Waals surface area contributed by atoms with E-state index in [1.165, 1.54) is 6.20 Å². The molecule has 0 atom stereocenters. The van der Waals surface area contributed by atoms with Crippen molar-refractivity contribution < 1.29 is 18.1 Å². The van der Waals surface area contributed by atoms with Crippen molar-refractivity contribution in [3.8, 4) is 11.3 Å². The molecule has 1 aromatic carbocycles. The number of hydrogen-bond donors (Lipinski definition) is 1. The first-order valence-electron chi connectivity index (χ1n) is 6.32. The molecule has 0 saturated carbocycles. The summed E-state index contributed by atoms with van der Waals surface area (Å²) < 4.78 is 31.7. The Morgan fingerprint density at radius 2 is 2.10 bits per heavy atom. The molecule has 0 bridgehead atoms. The molecule has 6 nitrogen and oxygen atoms in total. The number of oxazole rings is 1. The Kier molecular flexibility index (Phi) is 4.59. The maximum absolute atomic E-state index is 13.3. The van der Waals surface area contributed by atoms with Gasteiger partial charge in [-0.15, -0.1) is 0 Å². The number of nitro groups is 1. The predicted molar refractivity (Wildman–Crippen MR) is 70.5 cm³/mol. The zero-order chi connectivity index (χ0) is 15.4. The van der Waals surface area contributed by atoms with Crippen LogP contribution in [0.1, 0.15) is 19.2 Å². The molecule has 0 spiro atoms. The van der Waals surface area contributed by atoms with Crippen molar-refractivity contribution in [3.05, 3.63) is 46.0 Å². The van der Waals surface area contributed by atoms with Crippen molar-refractivity contribution in [2.24, 2.45) is 0 Å². The van der Waals surface area contributed by atoms with Gasteiger partial charge in [-0.1, -0.05) is 6.92 Å². The number of hydrogen-bond acceptors (Lipinski definition) is 5. The fourth-order valence-corrected chi connectivity index (χ4v) is 1.77. The van der Waals surface area contributed by atoms with E-state index in [1.54, 1.807) is 0 Å². The van der Waals surface area contributed by atoms with Crippen LogP contribution in [-0.2, 0) is 6.54 Å². The molecule has 1 aromatic heterocycles. The van der Waals surface area contributed by atoms with E-state index in [0.717, 1.165) is 19.0 Å². The second-order valence-electron chi connectivity index (χ2n) is 4.34. The van der Waals surface area contributed by atoms with Crippen molar-refractivity contribution in [1.82, 2.24) is 10.3 Å². The first-order valence-corrected chi connectivity index (χ1v) is 6.32. The van der Waals surface area contributed by atoms with Crippen molar-refractivity contribution in [3.63, 3.8) is 0 Å². The minimum atomic E-state index is -1.28. The SMILES string of the molecule is CCCNCc1ncc(-c2cc(F)c(F)cc2[N+](=O)[O-])o1. The number of nitrogens with one attached hydrogen (secondary N) is 1. The molecule has 0 unspecified atom stereocenters. The monoisotopic (exact) mass is 297 g/mol. The molecule has 0 fully saturated rings. The largest absolute Gasteiger partial charge is 0.439 e. The summed E-state index contributed by atoms with van der Waals surface area (Å²) in [5.41, 5.74) is -0.716. The fraction of sp³-hybridized carbons (Fsp3) is 0.308. The van der Waals surface area contributed by atoms with Crippen LogP contribution in [0.2, 0.25) is 0 Å². The summed E-state index contributed by atoms with van der Waals surface area (Å²) in [5.74, 6) is -2.13. The van der Waals surface area contributed by atoms with Gasteiger partial charge in [-0.3, -0.25) is 10.1 Å². The quantitative estimate of drug-likeness (QED) is 0.503. The highest BCUT2D eigenvalue weighted by Crippen LogP contribution is 2.32. The van der Waals surface area contributed by atoms with Gasteiger partial charge in [-0.2, -0.15) is 0 Å². The number of nitro benzene ring substituents is 1. The molecule has 0 aliphatic carbocycles. The van der Waals surface area contributed by atoms with Gasteiger partial charge in [0.05, 0.1) is 29.3 Å². The van der Waals surface area contributed by atoms with Crippen molar-refractivity contribution >= 4 is 5.69 Å². The van der Waals surface area contributed by atoms with Gasteiger partial charge in [-0.05, 0) is 19.0 Å². The molecule has 0 radical (unpaired) electrons. The highest BCUT2D eigenvalue weighted by atomic mass is 19.2. The number of benzene rings is 1. The van der Waals surface area contributed by atoms with E-state index in [1.807, 2.05) is 6.92 Å². The third-order valence-corrected chi connectivity index (χ3v) is 2.76. The summed E-state index contributed by atoms with van der Waals surface area (Å²) in [6, 6.07) is 1.26. The normalized spacial score (nSPS) is 10.8. The summed E-state index contributed by atoms with van der Waals surface area (Å²) >= 11 is 0. The zero-order valence-corrected chi connectivity index (χ0v) is 11.2. The van der Waals surface area contributed by atoms with E-state index in [0.29, 0.717) is 18.5 Å². The topological polar surface area (TPSA) is 81.2 Å². The Labute approximate surface area is 118 Å². The predicted octanol–water partition coefficient (Wildman–Crippen LogP) is 3.03. The summed E-state index contributed by atoms with van der Waals surface area (Å²) in [6.45, 7) is 3.12. The lowest BCUT2D eigenvalue weighted by molar-refractivity contribution is -0.384. The molecule has 0 aliphatic rings. The minimum Gasteiger partial charge on any atom is -0.439 e. The van der Waals surface area contributed by atoms with Crippen LogP contribution >= 0.6 is 0 Å². The van der Waals surface area contributed by atoms with Crippen LogP contribution in [0.5, 0.6) is 0 Å². The van der Waals surface area contributed by atoms with Gasteiger partial charge >= 0.3 is 0 Å². The molecule has 21 heavy (non-hydrogen) atoms. The summed E-state index contributed by atoms with van der Waals surface area (Å²) in [6.07, 6.45) is 2.19. The summed E-state index contributed by atoms with van der Waals surface area (Å²) in [4.78, 5) is 14.1. The van der Waals surface area contributed by atoms with Gasteiger partial charge < -0.3 is 9.73 Å². The molecule has 1 heterocycles. The summed E-state index contributed by atoms with van der Waals surface area (Å²) in [5, 5.41) is 14.0. The molecule has 2 aromatic rings. The van der Waals surface area contributed by atoms with Gasteiger partial charge in [0.25, 0.3) is 5.69 Å². The smallest absolute Gasteiger partial charge is 0.283 e. The maximum atomic E-state index is 13.3. The Hall–Kier alpha value is -2.35. The average Bonchev–Trinajstić information content (AvgIpc) is 2.90. The first kappa shape index (κ1) is 15.0. The molecule has 2 rings (SSSR count). The second-order valence-corrected chi connectivity index (χ2v) is 4.34. The zero-order valence-electron chi connectivity index (χ0n) is 11.2. The van der Waals surface area contributed by atoms with Crippen LogP contribution in [0, 0.1) is 21.7 Å². The Balaban J connectivity index is 2.33. The molecule has 0 saturated heterocycles. The van der Waals surface area contributed by atoms with Gasteiger partial charge in [0.15, 0.2) is 17.4 Å². The maximum Gasteiger partial charge on any atom is 0.283 e. The van der Waals surface area contributed by atoms with Gasteiger partial charge in [0.2, 0.25) is 5.89 Å². The molecular weight excluding hydrogens is 284 g/mol. The number of aromatic nitrogens is 1. The van der Waals surface area contributed by atoms with E-state index in [-0.39, 0.29) is 11.3 Å². The highest BCUT2D eigenvalue weighted by Gasteiger charge is 2.22. The van der Waals surface area contributed by atoms with Crippen LogP contribution in [0.15, 0.2) is 22.7 Å². The Morgan fingerprint density at radius 3 is 2.76 bits per heavy atom. The van der Waals surface area contributed by atoms with E-state index in [4.69, 9.17) is 4.42 Å². The molecule has 0 aliphatic heterocycles. The van der Waals surface area contributed by atoms with Gasteiger partial charge in [0, 0.05) is 0 Å². The highest BCUT2D eigenvalue weighted by molar-refractivity contribution is 5.69. The van der Waals surface area contributed by atoms with Crippen LogP contribution in [0.3, 0.4) is 0 Å². The first-order chi connectivity index (χ1) is 10.0. The van der Waals surface area contributed by atoms with Crippen LogP contribution in [0.25, 0.3) is 11.3 Å². The molecule has 8 heteroatoms. The van der Waals surface area contributed by atoms with Crippen molar-refractivity contribution in [2.75, 3.05) is 6.54 Å². The van der Waals surface area contributed by atoms with E-state index < -0.39 is 22.2 Å². The van der Waals surface area contributed by atoms with Crippen LogP contribution < -0.4 is 5.32 Å². The minimum absolute atomic E-state index is 0.0221. The molecule has 112 valence electrons. The molecule has 1 N–H and O–H groups in total. The number of nitrogens with zero attached hydrogens (tertiary/aromatic N) is 2. The summed E-state index contributed by atoms with van der Waals surface area (Å²) in [7, 11) is 0. The molecular formula is C13H13F2N3O3. The third kappa shape index (κ3) is 3.40. The lowest BCUT2D eigenvalue weighted by Crippen LogP contribution is -2.13. The van der Waals surface area contributed by atoms with Crippen LogP contribution in [-0.4, -0.2) is 16.5 Å². The fourth-order valence-electron chi connectivity index (χ4n) is 1.77. The lowest BCUT2D eigenvalue weighted by Gasteiger charge is -2.01. The van der Waals surface area contributed by atoms with Crippen LogP contribution in [0.4, 0.5) is 14.5 Å². The Bertz CT molecular complexity index is 658. The van der Waals surface area contributed by atoms with Gasteiger partial charge in [-0.25, -0.2) is 13.8 Å². The molecule has 0 amide bonds. The lowest BCUT2D eigenvalue weighted by atomic mass is 10.1. The van der Waals surface area contributed by atoms with Gasteiger partial charge in [0.1, 0.15) is 0 Å². The second kappa shape index (κ2) is 6.40. The van der Waals surface area contributed by atoms with Crippen molar-refractivity contribution in [1.29, 1.82) is 0 Å². The van der Waals surface area contributed by atoms with Crippen molar-refractivity contribution in [2.45, 2.75) is 19.9 Å².